The van der Waals surface area contributed by atoms with Gasteiger partial charge in [0.05, 0.1) is 12.5 Å². The number of aromatic amines is 1. The number of aryl methyl sites for hydroxylation is 1. The Balaban J connectivity index is 2.01. The Morgan fingerprint density at radius 1 is 1.24 bits per heavy atom. The molecule has 0 spiro atoms. The number of fused-ring (bicyclic) bond motifs is 2. The summed E-state index contributed by atoms with van der Waals surface area (Å²) in [4.78, 5) is 16.1. The maximum absolute atomic E-state index is 5.40. The van der Waals surface area contributed by atoms with Crippen LogP contribution < -0.4 is 4.74 Å². The van der Waals surface area contributed by atoms with Gasteiger partial charge in [0.1, 0.15) is 17.8 Å². The molecule has 0 fully saturated rings. The van der Waals surface area contributed by atoms with E-state index in [9.17, 15) is 0 Å². The number of methoxy groups -OCH3 is 1. The van der Waals surface area contributed by atoms with Crippen molar-refractivity contribution < 1.29 is 4.74 Å². The fourth-order valence-electron chi connectivity index (χ4n) is 2.46. The topological polar surface area (TPSA) is 81.0 Å². The summed E-state index contributed by atoms with van der Waals surface area (Å²) in [5.41, 5.74) is 3.52. The van der Waals surface area contributed by atoms with Crippen molar-refractivity contribution in [1.29, 1.82) is 0 Å². The van der Waals surface area contributed by atoms with Crippen LogP contribution in [0.5, 0.6) is 5.88 Å². The van der Waals surface area contributed by atoms with Crippen LogP contribution in [0.2, 0.25) is 0 Å². The van der Waals surface area contributed by atoms with Crippen LogP contribution in [-0.2, 0) is 0 Å². The van der Waals surface area contributed by atoms with E-state index in [0.29, 0.717) is 11.7 Å². The van der Waals surface area contributed by atoms with Gasteiger partial charge in [0.2, 0.25) is 5.88 Å². The van der Waals surface area contributed by atoms with Gasteiger partial charge in [0, 0.05) is 23.5 Å². The highest BCUT2D eigenvalue weighted by Gasteiger charge is 2.15. The Labute approximate surface area is 119 Å². The molecule has 4 aromatic heterocycles. The standard InChI is InChI=1S/C14H12N6O/c1-8-18-13-12(14(19-8)21-2)10(5-15-13)9-3-4-11-16-7-17-20(11)6-9/h3-7H,1-2H3,(H,15,18,19). The zero-order valence-corrected chi connectivity index (χ0v) is 11.5. The zero-order chi connectivity index (χ0) is 14.4. The summed E-state index contributed by atoms with van der Waals surface area (Å²) in [5, 5.41) is 5.02. The number of pyridine rings is 1. The van der Waals surface area contributed by atoms with E-state index >= 15 is 0 Å². The van der Waals surface area contributed by atoms with Gasteiger partial charge in [-0.1, -0.05) is 0 Å². The molecule has 21 heavy (non-hydrogen) atoms. The monoisotopic (exact) mass is 280 g/mol. The highest BCUT2D eigenvalue weighted by atomic mass is 16.5. The number of hydrogen-bond donors (Lipinski definition) is 1. The smallest absolute Gasteiger partial charge is 0.226 e. The van der Waals surface area contributed by atoms with Crippen molar-refractivity contribution >= 4 is 16.7 Å². The first-order valence-electron chi connectivity index (χ1n) is 6.46. The number of aromatic nitrogens is 6. The molecule has 4 heterocycles. The third kappa shape index (κ3) is 1.74. The molecule has 0 radical (unpaired) electrons. The molecule has 0 aliphatic heterocycles. The SMILES string of the molecule is COc1nc(C)nc2[nH]cc(-c3ccc4ncnn4c3)c12. The minimum Gasteiger partial charge on any atom is -0.480 e. The molecule has 4 rings (SSSR count). The van der Waals surface area contributed by atoms with Crippen LogP contribution in [0.3, 0.4) is 0 Å². The molecule has 1 N–H and O–H groups in total. The Kier molecular flexibility index (Phi) is 2.41. The fraction of sp³-hybridized carbons (Fsp3) is 0.143. The van der Waals surface area contributed by atoms with Crippen LogP contribution in [0, 0.1) is 6.92 Å². The van der Waals surface area contributed by atoms with E-state index in [2.05, 4.69) is 25.0 Å². The van der Waals surface area contributed by atoms with E-state index in [0.717, 1.165) is 27.8 Å². The second-order valence-electron chi connectivity index (χ2n) is 4.69. The van der Waals surface area contributed by atoms with Crippen molar-refractivity contribution in [2.24, 2.45) is 0 Å². The van der Waals surface area contributed by atoms with Gasteiger partial charge in [-0.2, -0.15) is 10.1 Å². The number of rotatable bonds is 2. The number of hydrogen-bond acceptors (Lipinski definition) is 5. The third-order valence-electron chi connectivity index (χ3n) is 3.39. The van der Waals surface area contributed by atoms with E-state index < -0.39 is 0 Å². The lowest BCUT2D eigenvalue weighted by Crippen LogP contribution is -1.95. The number of nitrogens with one attached hydrogen (secondary N) is 1. The fourth-order valence-corrected chi connectivity index (χ4v) is 2.46. The summed E-state index contributed by atoms with van der Waals surface area (Å²) in [6.45, 7) is 1.84. The van der Waals surface area contributed by atoms with Crippen molar-refractivity contribution in [1.82, 2.24) is 29.5 Å². The number of H-pyrrole nitrogens is 1. The van der Waals surface area contributed by atoms with Crippen molar-refractivity contribution in [2.45, 2.75) is 6.92 Å². The summed E-state index contributed by atoms with van der Waals surface area (Å²) >= 11 is 0. The quantitative estimate of drug-likeness (QED) is 0.607. The van der Waals surface area contributed by atoms with Crippen molar-refractivity contribution in [3.05, 3.63) is 36.7 Å². The molecule has 0 aliphatic carbocycles. The van der Waals surface area contributed by atoms with Gasteiger partial charge in [-0.3, -0.25) is 0 Å². The van der Waals surface area contributed by atoms with Crippen LogP contribution >= 0.6 is 0 Å². The molecule has 0 bridgehead atoms. The van der Waals surface area contributed by atoms with Crippen molar-refractivity contribution in [2.75, 3.05) is 7.11 Å². The maximum Gasteiger partial charge on any atom is 0.226 e. The van der Waals surface area contributed by atoms with E-state index in [1.807, 2.05) is 31.5 Å². The molecule has 7 heteroatoms. The van der Waals surface area contributed by atoms with Crippen molar-refractivity contribution in [3.8, 4) is 17.0 Å². The Morgan fingerprint density at radius 2 is 2.14 bits per heavy atom. The number of ether oxygens (including phenoxy) is 1. The van der Waals surface area contributed by atoms with Crippen LogP contribution in [0.4, 0.5) is 0 Å². The van der Waals surface area contributed by atoms with Crippen LogP contribution in [0.15, 0.2) is 30.9 Å². The Bertz CT molecular complexity index is 955. The first-order valence-corrected chi connectivity index (χ1v) is 6.46. The Morgan fingerprint density at radius 3 is 3.00 bits per heavy atom. The van der Waals surface area contributed by atoms with Crippen LogP contribution in [0.1, 0.15) is 5.82 Å². The van der Waals surface area contributed by atoms with E-state index in [1.165, 1.54) is 6.33 Å². The Hall–Kier alpha value is -2.96. The molecule has 0 saturated heterocycles. The molecule has 0 aromatic carbocycles. The van der Waals surface area contributed by atoms with E-state index in [-0.39, 0.29) is 0 Å². The average molecular weight is 280 g/mol. The van der Waals surface area contributed by atoms with Gasteiger partial charge in [-0.25, -0.2) is 14.5 Å². The van der Waals surface area contributed by atoms with Gasteiger partial charge < -0.3 is 9.72 Å². The second-order valence-corrected chi connectivity index (χ2v) is 4.69. The summed E-state index contributed by atoms with van der Waals surface area (Å²) in [7, 11) is 1.61. The van der Waals surface area contributed by atoms with Gasteiger partial charge >= 0.3 is 0 Å². The van der Waals surface area contributed by atoms with Gasteiger partial charge in [-0.15, -0.1) is 0 Å². The summed E-state index contributed by atoms with van der Waals surface area (Å²) < 4.78 is 7.13. The zero-order valence-electron chi connectivity index (χ0n) is 11.5. The maximum atomic E-state index is 5.40. The predicted molar refractivity (Wildman–Crippen MR) is 77.2 cm³/mol. The molecule has 0 unspecified atom stereocenters. The molecule has 0 saturated carbocycles. The highest BCUT2D eigenvalue weighted by Crippen LogP contribution is 2.33. The predicted octanol–water partition coefficient (Wildman–Crippen LogP) is 1.98. The summed E-state index contributed by atoms with van der Waals surface area (Å²) in [5.74, 6) is 1.23. The van der Waals surface area contributed by atoms with Gasteiger partial charge in [-0.05, 0) is 19.1 Å². The molecular formula is C14H12N6O. The van der Waals surface area contributed by atoms with Gasteiger partial charge in [0.15, 0.2) is 5.65 Å². The minimum atomic E-state index is 0.562. The molecule has 0 atom stereocenters. The lowest BCUT2D eigenvalue weighted by atomic mass is 10.1. The normalized spacial score (nSPS) is 11.3. The lowest BCUT2D eigenvalue weighted by Gasteiger charge is -2.05. The second kappa shape index (κ2) is 4.27. The van der Waals surface area contributed by atoms with Crippen LogP contribution in [0.25, 0.3) is 27.8 Å². The molecule has 4 aromatic rings. The molecule has 0 aliphatic rings. The summed E-state index contributed by atoms with van der Waals surface area (Å²) in [6.07, 6.45) is 5.35. The van der Waals surface area contributed by atoms with E-state index in [1.54, 1.807) is 11.6 Å². The molecule has 7 nitrogen and oxygen atoms in total. The minimum absolute atomic E-state index is 0.562. The largest absolute Gasteiger partial charge is 0.480 e. The average Bonchev–Trinajstić information content (AvgIpc) is 3.11. The van der Waals surface area contributed by atoms with Crippen molar-refractivity contribution in [3.63, 3.8) is 0 Å². The highest BCUT2D eigenvalue weighted by molar-refractivity contribution is 5.97. The molecular weight excluding hydrogens is 268 g/mol. The van der Waals surface area contributed by atoms with Gasteiger partial charge in [0.25, 0.3) is 0 Å². The lowest BCUT2D eigenvalue weighted by molar-refractivity contribution is 0.401. The number of nitrogens with zero attached hydrogens (tertiary/aromatic N) is 5. The summed E-state index contributed by atoms with van der Waals surface area (Å²) in [6, 6.07) is 3.91. The molecule has 104 valence electrons. The molecule has 0 amide bonds. The first-order chi connectivity index (χ1) is 10.3. The first kappa shape index (κ1) is 11.8. The van der Waals surface area contributed by atoms with Crippen LogP contribution in [-0.4, -0.2) is 36.7 Å². The third-order valence-corrected chi connectivity index (χ3v) is 3.39. The van der Waals surface area contributed by atoms with E-state index in [4.69, 9.17) is 4.74 Å².